The largest absolute Gasteiger partial charge is 0.330 e. The Morgan fingerprint density at radius 2 is 1.81 bits per heavy atom. The molecule has 0 aliphatic heterocycles. The van der Waals surface area contributed by atoms with Crippen LogP contribution in [0.2, 0.25) is 0 Å². The van der Waals surface area contributed by atoms with E-state index < -0.39 is 10.0 Å². The van der Waals surface area contributed by atoms with Crippen LogP contribution in [0, 0.1) is 5.92 Å². The fraction of sp³-hybridized carbons (Fsp3) is 1.00. The van der Waals surface area contributed by atoms with Gasteiger partial charge in [0.05, 0.1) is 5.25 Å². The summed E-state index contributed by atoms with van der Waals surface area (Å²) in [4.78, 5) is 0. The number of rotatable bonds is 5. The molecule has 1 aliphatic carbocycles. The van der Waals surface area contributed by atoms with E-state index in [9.17, 15) is 8.42 Å². The zero-order valence-corrected chi connectivity index (χ0v) is 11.1. The molecule has 1 aliphatic rings. The van der Waals surface area contributed by atoms with Crippen molar-refractivity contribution in [2.45, 2.75) is 57.2 Å². The molecule has 16 heavy (non-hydrogen) atoms. The monoisotopic (exact) mass is 248 g/mol. The number of sulfonamides is 1. The van der Waals surface area contributed by atoms with E-state index in [4.69, 9.17) is 5.73 Å². The van der Waals surface area contributed by atoms with Crippen molar-refractivity contribution >= 4 is 10.0 Å². The quantitative estimate of drug-likeness (QED) is 0.768. The van der Waals surface area contributed by atoms with E-state index in [-0.39, 0.29) is 17.2 Å². The van der Waals surface area contributed by atoms with Gasteiger partial charge in [-0.15, -0.1) is 0 Å². The zero-order valence-electron chi connectivity index (χ0n) is 10.3. The van der Waals surface area contributed by atoms with Gasteiger partial charge in [-0.3, -0.25) is 0 Å². The van der Waals surface area contributed by atoms with Crippen LogP contribution in [0.1, 0.15) is 46.0 Å². The van der Waals surface area contributed by atoms with Crippen LogP contribution in [0.5, 0.6) is 0 Å². The van der Waals surface area contributed by atoms with Crippen LogP contribution in [-0.2, 0) is 10.0 Å². The predicted octanol–water partition coefficient (Wildman–Crippen LogP) is 1.22. The lowest BCUT2D eigenvalue weighted by Crippen LogP contribution is -2.44. The second-order valence-electron chi connectivity index (χ2n) is 4.92. The molecule has 5 heteroatoms. The third-order valence-corrected chi connectivity index (χ3v) is 5.62. The van der Waals surface area contributed by atoms with Crippen molar-refractivity contribution in [3.8, 4) is 0 Å². The van der Waals surface area contributed by atoms with Crippen molar-refractivity contribution in [3.05, 3.63) is 0 Å². The Morgan fingerprint density at radius 3 is 2.31 bits per heavy atom. The number of hydrogen-bond donors (Lipinski definition) is 2. The van der Waals surface area contributed by atoms with E-state index in [1.54, 1.807) is 0 Å². The van der Waals surface area contributed by atoms with Gasteiger partial charge in [-0.1, -0.05) is 26.2 Å². The summed E-state index contributed by atoms with van der Waals surface area (Å²) in [5.74, 6) is 0.179. The Balaban J connectivity index is 2.56. The summed E-state index contributed by atoms with van der Waals surface area (Å²) in [5.41, 5.74) is 5.54. The average molecular weight is 248 g/mol. The molecule has 1 rings (SSSR count). The fourth-order valence-corrected chi connectivity index (χ4v) is 3.95. The second kappa shape index (κ2) is 5.98. The standard InChI is InChI=1S/C11H24N2O2S/c1-9(8-12)10(2)13-16(14,15)11-6-4-3-5-7-11/h9-11,13H,3-8,12H2,1-2H3. The van der Waals surface area contributed by atoms with E-state index >= 15 is 0 Å². The van der Waals surface area contributed by atoms with E-state index in [1.165, 1.54) is 6.42 Å². The highest BCUT2D eigenvalue weighted by atomic mass is 32.2. The van der Waals surface area contributed by atoms with Gasteiger partial charge in [-0.25, -0.2) is 13.1 Å². The topological polar surface area (TPSA) is 72.2 Å². The fourth-order valence-electron chi connectivity index (χ4n) is 2.05. The number of nitrogens with one attached hydrogen (secondary N) is 1. The SMILES string of the molecule is CC(CN)C(C)NS(=O)(=O)C1CCCCC1. The summed E-state index contributed by atoms with van der Waals surface area (Å²) in [6.45, 7) is 4.36. The van der Waals surface area contributed by atoms with Crippen molar-refractivity contribution in [1.29, 1.82) is 0 Å². The molecule has 3 N–H and O–H groups in total. The Morgan fingerprint density at radius 1 is 1.25 bits per heavy atom. The first-order valence-corrected chi connectivity index (χ1v) is 7.73. The Labute approximate surface area is 99.0 Å². The Kier molecular flexibility index (Phi) is 5.21. The van der Waals surface area contributed by atoms with Crippen molar-refractivity contribution in [1.82, 2.24) is 4.72 Å². The third kappa shape index (κ3) is 3.71. The molecule has 0 bridgehead atoms. The van der Waals surface area contributed by atoms with Crippen molar-refractivity contribution in [2.75, 3.05) is 6.54 Å². The molecule has 2 atom stereocenters. The molecule has 1 saturated carbocycles. The zero-order chi connectivity index (χ0) is 12.2. The molecular formula is C11H24N2O2S. The summed E-state index contributed by atoms with van der Waals surface area (Å²) in [6, 6.07) is -0.0723. The first-order chi connectivity index (χ1) is 7.47. The lowest BCUT2D eigenvalue weighted by molar-refractivity contribution is 0.434. The molecule has 1 fully saturated rings. The van der Waals surface area contributed by atoms with Crippen LogP contribution < -0.4 is 10.5 Å². The molecule has 4 nitrogen and oxygen atoms in total. The van der Waals surface area contributed by atoms with E-state index in [2.05, 4.69) is 4.72 Å². The summed E-state index contributed by atoms with van der Waals surface area (Å²) < 4.78 is 26.9. The molecule has 0 aromatic carbocycles. The smallest absolute Gasteiger partial charge is 0.214 e. The van der Waals surface area contributed by atoms with Crippen molar-refractivity contribution in [2.24, 2.45) is 11.7 Å². The van der Waals surface area contributed by atoms with Crippen LogP contribution >= 0.6 is 0 Å². The molecule has 0 aromatic heterocycles. The molecule has 0 spiro atoms. The Hall–Kier alpha value is -0.130. The van der Waals surface area contributed by atoms with Gasteiger partial charge in [0.1, 0.15) is 0 Å². The van der Waals surface area contributed by atoms with Crippen molar-refractivity contribution in [3.63, 3.8) is 0 Å². The van der Waals surface area contributed by atoms with E-state index in [0.717, 1.165) is 25.7 Å². The predicted molar refractivity (Wildman–Crippen MR) is 66.6 cm³/mol. The minimum Gasteiger partial charge on any atom is -0.330 e. The minimum atomic E-state index is -3.14. The lowest BCUT2D eigenvalue weighted by Gasteiger charge is -2.26. The van der Waals surface area contributed by atoms with Gasteiger partial charge in [-0.05, 0) is 32.2 Å². The van der Waals surface area contributed by atoms with Crippen LogP contribution in [0.25, 0.3) is 0 Å². The number of hydrogen-bond acceptors (Lipinski definition) is 3. The molecule has 0 amide bonds. The van der Waals surface area contributed by atoms with Crippen LogP contribution in [-0.4, -0.2) is 26.3 Å². The molecule has 96 valence electrons. The van der Waals surface area contributed by atoms with Crippen LogP contribution in [0.4, 0.5) is 0 Å². The first kappa shape index (κ1) is 13.9. The van der Waals surface area contributed by atoms with Gasteiger partial charge < -0.3 is 5.73 Å². The van der Waals surface area contributed by atoms with Crippen molar-refractivity contribution < 1.29 is 8.42 Å². The molecule has 0 saturated heterocycles. The van der Waals surface area contributed by atoms with Gasteiger partial charge in [0.2, 0.25) is 10.0 Å². The molecular weight excluding hydrogens is 224 g/mol. The maximum Gasteiger partial charge on any atom is 0.214 e. The summed E-state index contributed by atoms with van der Waals surface area (Å²) in [6.07, 6.45) is 4.84. The molecule has 2 unspecified atom stereocenters. The van der Waals surface area contributed by atoms with Crippen LogP contribution in [0.15, 0.2) is 0 Å². The maximum atomic E-state index is 12.1. The number of nitrogens with two attached hydrogens (primary N) is 1. The van der Waals surface area contributed by atoms with Gasteiger partial charge in [0.15, 0.2) is 0 Å². The highest BCUT2D eigenvalue weighted by molar-refractivity contribution is 7.90. The summed E-state index contributed by atoms with van der Waals surface area (Å²) >= 11 is 0. The maximum absolute atomic E-state index is 12.1. The van der Waals surface area contributed by atoms with Gasteiger partial charge >= 0.3 is 0 Å². The third-order valence-electron chi connectivity index (χ3n) is 3.57. The minimum absolute atomic E-state index is 0.0723. The van der Waals surface area contributed by atoms with E-state index in [1.807, 2.05) is 13.8 Å². The highest BCUT2D eigenvalue weighted by Gasteiger charge is 2.29. The Bertz CT molecular complexity index is 297. The van der Waals surface area contributed by atoms with Gasteiger partial charge in [0.25, 0.3) is 0 Å². The first-order valence-electron chi connectivity index (χ1n) is 6.18. The molecule has 0 heterocycles. The van der Waals surface area contributed by atoms with E-state index in [0.29, 0.717) is 6.54 Å². The highest BCUT2D eigenvalue weighted by Crippen LogP contribution is 2.23. The lowest BCUT2D eigenvalue weighted by atomic mass is 10.0. The van der Waals surface area contributed by atoms with Gasteiger partial charge in [-0.2, -0.15) is 0 Å². The molecule has 0 radical (unpaired) electrons. The summed E-state index contributed by atoms with van der Waals surface area (Å²) in [7, 11) is -3.14. The molecule has 0 aromatic rings. The second-order valence-corrected chi connectivity index (χ2v) is 6.92. The van der Waals surface area contributed by atoms with Gasteiger partial charge in [0, 0.05) is 6.04 Å². The summed E-state index contributed by atoms with van der Waals surface area (Å²) in [5, 5.41) is -0.186. The van der Waals surface area contributed by atoms with Crippen LogP contribution in [0.3, 0.4) is 0 Å². The normalized spacial score (nSPS) is 22.9. The average Bonchev–Trinajstić information content (AvgIpc) is 2.28.